The van der Waals surface area contributed by atoms with E-state index in [1.54, 1.807) is 9.80 Å². The summed E-state index contributed by atoms with van der Waals surface area (Å²) >= 11 is 0. The van der Waals surface area contributed by atoms with E-state index in [1.807, 2.05) is 31.2 Å². The van der Waals surface area contributed by atoms with Gasteiger partial charge in [0, 0.05) is 25.3 Å². The number of hydrogen-bond acceptors (Lipinski definition) is 2. The number of hydrogen-bond donors (Lipinski definition) is 1. The van der Waals surface area contributed by atoms with Crippen LogP contribution in [0.2, 0.25) is 0 Å². The number of carbonyl (C=O) groups excluding carboxylic acids is 1. The number of urea groups is 1. The van der Waals surface area contributed by atoms with Crippen LogP contribution in [0, 0.1) is 5.41 Å². The number of carboxylic acids is 1. The zero-order valence-electron chi connectivity index (χ0n) is 12.2. The summed E-state index contributed by atoms with van der Waals surface area (Å²) in [5, 5.41) is 9.43. The zero-order chi connectivity index (χ0) is 15.0. The Morgan fingerprint density at radius 1 is 1.29 bits per heavy atom. The van der Waals surface area contributed by atoms with E-state index in [1.165, 1.54) is 5.56 Å². The number of rotatable bonds is 2. The molecule has 112 valence electrons. The van der Waals surface area contributed by atoms with Crippen molar-refractivity contribution in [2.75, 3.05) is 24.5 Å². The number of likely N-dealkylation sites (tertiary alicyclic amines) is 1. The van der Waals surface area contributed by atoms with Gasteiger partial charge < -0.3 is 10.0 Å². The van der Waals surface area contributed by atoms with Crippen molar-refractivity contribution < 1.29 is 14.7 Å². The molecular formula is C16H20N2O3. The maximum absolute atomic E-state index is 12.7. The highest BCUT2D eigenvalue weighted by Gasteiger charge is 2.46. The summed E-state index contributed by atoms with van der Waals surface area (Å²) in [6.45, 7) is 3.40. The van der Waals surface area contributed by atoms with Crippen molar-refractivity contribution in [1.82, 2.24) is 4.90 Å². The standard InChI is InChI=1S/C16H20N2O3/c1-2-16(14(19)20)8-10-17(11-16)15(21)18-9-7-12-5-3-4-6-13(12)18/h3-6H,2,7-11H2,1H3,(H,19,20). The first-order valence-electron chi connectivity index (χ1n) is 7.45. The number of amides is 2. The average molecular weight is 288 g/mol. The van der Waals surface area contributed by atoms with Crippen LogP contribution in [0.25, 0.3) is 0 Å². The molecule has 0 radical (unpaired) electrons. The van der Waals surface area contributed by atoms with Gasteiger partial charge in [0.25, 0.3) is 0 Å². The quantitative estimate of drug-likeness (QED) is 0.908. The van der Waals surface area contributed by atoms with Crippen molar-refractivity contribution in [3.05, 3.63) is 29.8 Å². The minimum Gasteiger partial charge on any atom is -0.481 e. The largest absolute Gasteiger partial charge is 0.481 e. The summed E-state index contributed by atoms with van der Waals surface area (Å²) in [5.74, 6) is -0.790. The lowest BCUT2D eigenvalue weighted by atomic mass is 9.84. The van der Waals surface area contributed by atoms with Crippen molar-refractivity contribution in [3.8, 4) is 0 Å². The molecule has 1 atom stereocenters. The van der Waals surface area contributed by atoms with E-state index < -0.39 is 11.4 Å². The molecule has 2 aliphatic rings. The van der Waals surface area contributed by atoms with Crippen molar-refractivity contribution in [2.24, 2.45) is 5.41 Å². The van der Waals surface area contributed by atoms with Gasteiger partial charge in [-0.1, -0.05) is 25.1 Å². The van der Waals surface area contributed by atoms with Crippen LogP contribution in [-0.4, -0.2) is 41.6 Å². The normalized spacial score (nSPS) is 24.2. The Balaban J connectivity index is 1.78. The van der Waals surface area contributed by atoms with Crippen LogP contribution in [0.5, 0.6) is 0 Å². The Kier molecular flexibility index (Phi) is 3.35. The topological polar surface area (TPSA) is 60.9 Å². The first kappa shape index (κ1) is 13.9. The number of fused-ring (bicyclic) bond motifs is 1. The van der Waals surface area contributed by atoms with E-state index >= 15 is 0 Å². The maximum atomic E-state index is 12.7. The summed E-state index contributed by atoms with van der Waals surface area (Å²) in [6, 6.07) is 7.86. The third-order valence-electron chi connectivity index (χ3n) is 4.87. The second-order valence-corrected chi connectivity index (χ2v) is 5.92. The molecule has 5 heteroatoms. The molecule has 2 heterocycles. The number of anilines is 1. The van der Waals surface area contributed by atoms with Crippen molar-refractivity contribution in [1.29, 1.82) is 0 Å². The molecule has 21 heavy (non-hydrogen) atoms. The summed E-state index contributed by atoms with van der Waals surface area (Å²) in [6.07, 6.45) is 1.97. The Morgan fingerprint density at radius 2 is 2.05 bits per heavy atom. The number of benzene rings is 1. The fourth-order valence-electron chi connectivity index (χ4n) is 3.36. The highest BCUT2D eigenvalue weighted by molar-refractivity contribution is 5.95. The summed E-state index contributed by atoms with van der Waals surface area (Å²) in [5.41, 5.74) is 1.38. The van der Waals surface area contributed by atoms with Gasteiger partial charge in [-0.3, -0.25) is 9.69 Å². The van der Waals surface area contributed by atoms with Gasteiger partial charge in [0.05, 0.1) is 5.41 Å². The Morgan fingerprint density at radius 3 is 2.71 bits per heavy atom. The van der Waals surface area contributed by atoms with Crippen LogP contribution in [0.3, 0.4) is 0 Å². The minimum atomic E-state index is -0.790. The Bertz CT molecular complexity index is 587. The maximum Gasteiger partial charge on any atom is 0.324 e. The van der Waals surface area contributed by atoms with Crippen LogP contribution in [-0.2, 0) is 11.2 Å². The molecule has 0 aliphatic carbocycles. The Hall–Kier alpha value is -2.04. The summed E-state index contributed by atoms with van der Waals surface area (Å²) < 4.78 is 0. The summed E-state index contributed by atoms with van der Waals surface area (Å²) in [4.78, 5) is 27.7. The molecule has 5 nitrogen and oxygen atoms in total. The van der Waals surface area contributed by atoms with E-state index in [9.17, 15) is 14.7 Å². The van der Waals surface area contributed by atoms with Gasteiger partial charge in [0.1, 0.15) is 0 Å². The molecule has 3 rings (SSSR count). The second kappa shape index (κ2) is 5.06. The first-order chi connectivity index (χ1) is 10.1. The van der Waals surface area contributed by atoms with E-state index in [0.717, 1.165) is 12.1 Å². The smallest absolute Gasteiger partial charge is 0.324 e. The predicted octanol–water partition coefficient (Wildman–Crippen LogP) is 2.36. The molecule has 0 aromatic heterocycles. The lowest BCUT2D eigenvalue weighted by Crippen LogP contribution is -2.43. The van der Waals surface area contributed by atoms with Crippen molar-refractivity contribution in [3.63, 3.8) is 0 Å². The van der Waals surface area contributed by atoms with Gasteiger partial charge in [-0.05, 0) is 30.9 Å². The molecule has 1 saturated heterocycles. The van der Waals surface area contributed by atoms with Gasteiger partial charge in [-0.25, -0.2) is 4.79 Å². The van der Waals surface area contributed by atoms with E-state index in [4.69, 9.17) is 0 Å². The summed E-state index contributed by atoms with van der Waals surface area (Å²) in [7, 11) is 0. The zero-order valence-corrected chi connectivity index (χ0v) is 12.2. The highest BCUT2D eigenvalue weighted by Crippen LogP contribution is 2.36. The SMILES string of the molecule is CCC1(C(=O)O)CCN(C(=O)N2CCc3ccccc32)C1. The third-order valence-corrected chi connectivity index (χ3v) is 4.87. The lowest BCUT2D eigenvalue weighted by molar-refractivity contribution is -0.148. The van der Waals surface area contributed by atoms with Gasteiger partial charge in [0.15, 0.2) is 0 Å². The number of aliphatic carboxylic acids is 1. The molecule has 1 unspecified atom stereocenters. The van der Waals surface area contributed by atoms with E-state index in [0.29, 0.717) is 32.5 Å². The minimum absolute atomic E-state index is 0.0588. The fraction of sp³-hybridized carbons (Fsp3) is 0.500. The van der Waals surface area contributed by atoms with Crippen LogP contribution in [0.1, 0.15) is 25.3 Å². The molecule has 2 aliphatic heterocycles. The molecule has 1 aromatic rings. The molecule has 1 fully saturated rings. The van der Waals surface area contributed by atoms with Crippen LogP contribution < -0.4 is 4.90 Å². The molecule has 0 spiro atoms. The first-order valence-corrected chi connectivity index (χ1v) is 7.45. The fourth-order valence-corrected chi connectivity index (χ4v) is 3.36. The Labute approximate surface area is 124 Å². The number of carbonyl (C=O) groups is 2. The van der Waals surface area contributed by atoms with Gasteiger partial charge in [-0.2, -0.15) is 0 Å². The molecule has 2 amide bonds. The van der Waals surface area contributed by atoms with Crippen LogP contribution in [0.4, 0.5) is 10.5 Å². The molecule has 1 N–H and O–H groups in total. The van der Waals surface area contributed by atoms with E-state index in [2.05, 4.69) is 0 Å². The average Bonchev–Trinajstić information content (AvgIpc) is 3.12. The molecule has 0 bridgehead atoms. The number of carboxylic acid groups (broad SMARTS) is 1. The predicted molar refractivity (Wildman–Crippen MR) is 79.4 cm³/mol. The van der Waals surface area contributed by atoms with Gasteiger partial charge >= 0.3 is 12.0 Å². The van der Waals surface area contributed by atoms with Crippen LogP contribution >= 0.6 is 0 Å². The molecule has 0 saturated carbocycles. The number of nitrogens with zero attached hydrogens (tertiary/aromatic N) is 2. The highest BCUT2D eigenvalue weighted by atomic mass is 16.4. The van der Waals surface area contributed by atoms with Gasteiger partial charge in [-0.15, -0.1) is 0 Å². The monoisotopic (exact) mass is 288 g/mol. The molecule has 1 aromatic carbocycles. The second-order valence-electron chi connectivity index (χ2n) is 5.92. The van der Waals surface area contributed by atoms with Crippen molar-refractivity contribution >= 4 is 17.7 Å². The molecular weight excluding hydrogens is 268 g/mol. The third kappa shape index (κ3) is 2.17. The number of para-hydroxylation sites is 1. The van der Waals surface area contributed by atoms with E-state index in [-0.39, 0.29) is 6.03 Å². The van der Waals surface area contributed by atoms with Crippen molar-refractivity contribution in [2.45, 2.75) is 26.2 Å². The van der Waals surface area contributed by atoms with Gasteiger partial charge in [0.2, 0.25) is 0 Å². The van der Waals surface area contributed by atoms with Crippen LogP contribution in [0.15, 0.2) is 24.3 Å². The lowest BCUT2D eigenvalue weighted by Gasteiger charge is -2.27.